The van der Waals surface area contributed by atoms with Crippen molar-refractivity contribution in [1.29, 1.82) is 0 Å². The normalized spacial score (nSPS) is 11.3. The lowest BCUT2D eigenvalue weighted by atomic mass is 10.2. The Balaban J connectivity index is 3.42. The van der Waals surface area contributed by atoms with Crippen molar-refractivity contribution in [2.75, 3.05) is 12.3 Å². The van der Waals surface area contributed by atoms with Crippen LogP contribution >= 0.6 is 0 Å². The molecule has 0 atom stereocenters. The molecule has 6 nitrogen and oxygen atoms in total. The van der Waals surface area contributed by atoms with Crippen LogP contribution < -0.4 is 10.5 Å². The maximum Gasteiger partial charge on any atom is 0.337 e. The molecule has 0 radical (unpaired) electrons. The molecule has 0 aliphatic carbocycles. The van der Waals surface area contributed by atoms with Gasteiger partial charge in [-0.3, -0.25) is 0 Å². The third kappa shape index (κ3) is 2.50. The SMILES string of the molecule is CCNS(=O)(=O)c1cc(N)ccc1C(=O)O. The topological polar surface area (TPSA) is 109 Å². The van der Waals surface area contributed by atoms with Crippen LogP contribution in [0.5, 0.6) is 0 Å². The van der Waals surface area contributed by atoms with Crippen molar-refractivity contribution in [3.8, 4) is 0 Å². The fourth-order valence-electron chi connectivity index (χ4n) is 1.21. The summed E-state index contributed by atoms with van der Waals surface area (Å²) in [5.74, 6) is -1.31. The number of aromatic carboxylic acids is 1. The second-order valence-corrected chi connectivity index (χ2v) is 4.80. The van der Waals surface area contributed by atoms with E-state index in [0.717, 1.165) is 6.07 Å². The predicted octanol–water partition coefficient (Wildman–Crippen LogP) is 0.265. The second-order valence-electron chi connectivity index (χ2n) is 3.06. The van der Waals surface area contributed by atoms with Crippen molar-refractivity contribution < 1.29 is 18.3 Å². The highest BCUT2D eigenvalue weighted by Gasteiger charge is 2.21. The van der Waals surface area contributed by atoms with Gasteiger partial charge in [0, 0.05) is 12.2 Å². The number of rotatable bonds is 4. The Labute approximate surface area is 93.1 Å². The minimum Gasteiger partial charge on any atom is -0.478 e. The summed E-state index contributed by atoms with van der Waals surface area (Å²) in [6.45, 7) is 1.78. The molecule has 0 heterocycles. The molecule has 0 amide bonds. The van der Waals surface area contributed by atoms with Gasteiger partial charge >= 0.3 is 5.97 Å². The van der Waals surface area contributed by atoms with Gasteiger partial charge in [-0.05, 0) is 18.2 Å². The third-order valence-electron chi connectivity index (χ3n) is 1.86. The molecule has 0 saturated carbocycles. The standard InChI is InChI=1S/C9H12N2O4S/c1-2-11-16(14,15)8-5-6(10)3-4-7(8)9(12)13/h3-5,11H,2,10H2,1H3,(H,12,13). The molecule has 88 valence electrons. The molecule has 0 aromatic heterocycles. The summed E-state index contributed by atoms with van der Waals surface area (Å²) < 4.78 is 25.6. The smallest absolute Gasteiger partial charge is 0.337 e. The summed E-state index contributed by atoms with van der Waals surface area (Å²) in [6.07, 6.45) is 0. The van der Waals surface area contributed by atoms with Crippen molar-refractivity contribution in [3.63, 3.8) is 0 Å². The molecule has 1 aromatic carbocycles. The van der Waals surface area contributed by atoms with Gasteiger partial charge in [-0.1, -0.05) is 6.92 Å². The molecule has 0 bridgehead atoms. The van der Waals surface area contributed by atoms with E-state index in [1.165, 1.54) is 12.1 Å². The van der Waals surface area contributed by atoms with Crippen molar-refractivity contribution >= 4 is 21.7 Å². The summed E-state index contributed by atoms with van der Waals surface area (Å²) in [5, 5.41) is 8.86. The summed E-state index contributed by atoms with van der Waals surface area (Å²) in [5.41, 5.74) is 5.33. The van der Waals surface area contributed by atoms with E-state index in [2.05, 4.69) is 4.72 Å². The molecule has 0 saturated heterocycles. The molecule has 1 aromatic rings. The van der Waals surface area contributed by atoms with E-state index in [1.54, 1.807) is 6.92 Å². The lowest BCUT2D eigenvalue weighted by Gasteiger charge is -2.08. The Kier molecular flexibility index (Phi) is 3.51. The van der Waals surface area contributed by atoms with Crippen LogP contribution in [0.2, 0.25) is 0 Å². The van der Waals surface area contributed by atoms with E-state index < -0.39 is 16.0 Å². The van der Waals surface area contributed by atoms with Gasteiger partial charge in [-0.25, -0.2) is 17.9 Å². The Bertz CT molecular complexity index is 510. The summed E-state index contributed by atoms with van der Waals surface area (Å²) >= 11 is 0. The number of nitrogen functional groups attached to an aromatic ring is 1. The Morgan fingerprint density at radius 3 is 2.62 bits per heavy atom. The molecule has 0 unspecified atom stereocenters. The van der Waals surface area contributed by atoms with Crippen LogP contribution in [-0.4, -0.2) is 26.0 Å². The van der Waals surface area contributed by atoms with Crippen molar-refractivity contribution in [1.82, 2.24) is 4.72 Å². The van der Waals surface area contributed by atoms with Crippen molar-refractivity contribution in [3.05, 3.63) is 23.8 Å². The first-order valence-corrected chi connectivity index (χ1v) is 5.99. The Hall–Kier alpha value is -1.60. The summed E-state index contributed by atoms with van der Waals surface area (Å²) in [7, 11) is -3.82. The highest BCUT2D eigenvalue weighted by Crippen LogP contribution is 2.18. The Morgan fingerprint density at radius 1 is 1.50 bits per heavy atom. The van der Waals surface area contributed by atoms with Gasteiger partial charge in [0.25, 0.3) is 0 Å². The largest absolute Gasteiger partial charge is 0.478 e. The zero-order valence-electron chi connectivity index (χ0n) is 8.60. The zero-order valence-corrected chi connectivity index (χ0v) is 9.41. The monoisotopic (exact) mass is 244 g/mol. The molecule has 1 rings (SSSR count). The van der Waals surface area contributed by atoms with Gasteiger partial charge in [0.1, 0.15) is 0 Å². The molecular formula is C9H12N2O4S. The van der Waals surface area contributed by atoms with Crippen LogP contribution in [0.1, 0.15) is 17.3 Å². The van der Waals surface area contributed by atoms with Gasteiger partial charge in [0.2, 0.25) is 10.0 Å². The first kappa shape index (κ1) is 12.5. The van der Waals surface area contributed by atoms with Gasteiger partial charge < -0.3 is 10.8 Å². The minimum absolute atomic E-state index is 0.177. The van der Waals surface area contributed by atoms with Gasteiger partial charge in [-0.15, -0.1) is 0 Å². The van der Waals surface area contributed by atoms with Crippen molar-refractivity contribution in [2.45, 2.75) is 11.8 Å². The molecule has 0 aliphatic rings. The maximum atomic E-state index is 11.7. The Morgan fingerprint density at radius 2 is 2.12 bits per heavy atom. The number of hydrogen-bond acceptors (Lipinski definition) is 4. The maximum absolute atomic E-state index is 11.7. The average molecular weight is 244 g/mol. The predicted molar refractivity (Wildman–Crippen MR) is 58.7 cm³/mol. The number of carboxylic acid groups (broad SMARTS) is 1. The van der Waals surface area contributed by atoms with Crippen LogP contribution in [0.25, 0.3) is 0 Å². The molecule has 0 aliphatic heterocycles. The minimum atomic E-state index is -3.82. The number of nitrogens with one attached hydrogen (secondary N) is 1. The van der Waals surface area contributed by atoms with E-state index in [9.17, 15) is 13.2 Å². The second kappa shape index (κ2) is 4.50. The molecule has 0 fully saturated rings. The molecular weight excluding hydrogens is 232 g/mol. The van der Waals surface area contributed by atoms with Crippen LogP contribution in [0.4, 0.5) is 5.69 Å². The number of carboxylic acids is 1. The lowest BCUT2D eigenvalue weighted by Crippen LogP contribution is -2.25. The van der Waals surface area contributed by atoms with E-state index >= 15 is 0 Å². The fourth-order valence-corrected chi connectivity index (χ4v) is 2.48. The first-order chi connectivity index (χ1) is 7.38. The first-order valence-electron chi connectivity index (χ1n) is 4.51. The van der Waals surface area contributed by atoms with Crippen molar-refractivity contribution in [2.24, 2.45) is 0 Å². The van der Waals surface area contributed by atoms with Gasteiger partial charge in [0.15, 0.2) is 0 Å². The molecule has 4 N–H and O–H groups in total. The van der Waals surface area contributed by atoms with E-state index in [-0.39, 0.29) is 22.7 Å². The summed E-state index contributed by atoms with van der Waals surface area (Å²) in [4.78, 5) is 10.5. The number of carbonyl (C=O) groups is 1. The van der Waals surface area contributed by atoms with Crippen LogP contribution in [0, 0.1) is 0 Å². The lowest BCUT2D eigenvalue weighted by molar-refractivity contribution is 0.0692. The van der Waals surface area contributed by atoms with E-state index in [4.69, 9.17) is 10.8 Å². The number of hydrogen-bond donors (Lipinski definition) is 3. The number of sulfonamides is 1. The van der Waals surface area contributed by atoms with Gasteiger partial charge in [0.05, 0.1) is 10.5 Å². The fraction of sp³-hybridized carbons (Fsp3) is 0.222. The van der Waals surface area contributed by atoms with Crippen LogP contribution in [-0.2, 0) is 10.0 Å². The highest BCUT2D eigenvalue weighted by molar-refractivity contribution is 7.89. The summed E-state index contributed by atoms with van der Waals surface area (Å²) in [6, 6.07) is 3.64. The highest BCUT2D eigenvalue weighted by atomic mass is 32.2. The third-order valence-corrected chi connectivity index (χ3v) is 3.45. The zero-order chi connectivity index (χ0) is 12.3. The van der Waals surface area contributed by atoms with E-state index in [1.807, 2.05) is 0 Å². The quantitative estimate of drug-likeness (QED) is 0.658. The number of anilines is 1. The molecule has 7 heteroatoms. The average Bonchev–Trinajstić information content (AvgIpc) is 2.17. The number of benzene rings is 1. The molecule has 16 heavy (non-hydrogen) atoms. The van der Waals surface area contributed by atoms with E-state index in [0.29, 0.717) is 0 Å². The van der Waals surface area contributed by atoms with Crippen LogP contribution in [0.15, 0.2) is 23.1 Å². The van der Waals surface area contributed by atoms with Crippen LogP contribution in [0.3, 0.4) is 0 Å². The number of nitrogens with two attached hydrogens (primary N) is 1. The van der Waals surface area contributed by atoms with Gasteiger partial charge in [-0.2, -0.15) is 0 Å². The molecule has 0 spiro atoms.